The lowest BCUT2D eigenvalue weighted by molar-refractivity contribution is -0.139. The van der Waals surface area contributed by atoms with Crippen molar-refractivity contribution in [3.05, 3.63) is 29.0 Å². The predicted octanol–water partition coefficient (Wildman–Crippen LogP) is 2.31. The third-order valence-electron chi connectivity index (χ3n) is 2.43. The molecule has 3 nitrogen and oxygen atoms in total. The minimum Gasteiger partial charge on any atom is -0.481 e. The Morgan fingerprint density at radius 1 is 1.57 bits per heavy atom. The first-order chi connectivity index (χ1) is 6.68. The third-order valence-corrected chi connectivity index (χ3v) is 2.65. The predicted molar refractivity (Wildman–Crippen MR) is 52.3 cm³/mol. The van der Waals surface area contributed by atoms with Gasteiger partial charge in [-0.1, -0.05) is 11.6 Å². The maximum atomic E-state index is 11.0. The number of aromatic nitrogens is 1. The van der Waals surface area contributed by atoms with Gasteiger partial charge in [0.15, 0.2) is 0 Å². The van der Waals surface area contributed by atoms with Crippen LogP contribution in [0, 0.1) is 5.92 Å². The molecule has 0 amide bonds. The molecule has 1 N–H and O–H groups in total. The monoisotopic (exact) mass is 211 g/mol. The molecule has 1 unspecified atom stereocenters. The number of hydrogen-bond donors (Lipinski definition) is 1. The lowest BCUT2D eigenvalue weighted by atomic mass is 9.99. The Hall–Kier alpha value is -1.09. The highest BCUT2D eigenvalue weighted by Crippen LogP contribution is 2.42. The third kappa shape index (κ3) is 1.87. The fraction of sp³-hybridized carbons (Fsp3) is 0.400. The summed E-state index contributed by atoms with van der Waals surface area (Å²) in [6.45, 7) is 0. The van der Waals surface area contributed by atoms with Gasteiger partial charge in [0.1, 0.15) is 5.92 Å². The Balaban J connectivity index is 2.26. The van der Waals surface area contributed by atoms with Crippen LogP contribution in [0.25, 0.3) is 0 Å². The second kappa shape index (κ2) is 3.58. The van der Waals surface area contributed by atoms with E-state index in [1.807, 2.05) is 0 Å². The summed E-state index contributed by atoms with van der Waals surface area (Å²) < 4.78 is 0. The molecule has 1 aromatic rings. The van der Waals surface area contributed by atoms with E-state index in [2.05, 4.69) is 4.98 Å². The number of carboxylic acid groups (broad SMARTS) is 1. The summed E-state index contributed by atoms with van der Waals surface area (Å²) in [5.74, 6) is -0.976. The van der Waals surface area contributed by atoms with Crippen molar-refractivity contribution in [2.75, 3.05) is 0 Å². The van der Waals surface area contributed by atoms with Crippen molar-refractivity contribution < 1.29 is 9.90 Å². The number of pyridine rings is 1. The Morgan fingerprint density at radius 2 is 2.29 bits per heavy atom. The topological polar surface area (TPSA) is 50.2 Å². The molecule has 1 aliphatic rings. The van der Waals surface area contributed by atoms with Gasteiger partial charge in [0.05, 0.1) is 10.7 Å². The van der Waals surface area contributed by atoms with Crippen LogP contribution in [0.15, 0.2) is 18.3 Å². The van der Waals surface area contributed by atoms with Crippen LogP contribution >= 0.6 is 11.6 Å². The average molecular weight is 212 g/mol. The lowest BCUT2D eigenvalue weighted by Gasteiger charge is -2.09. The molecule has 2 rings (SSSR count). The van der Waals surface area contributed by atoms with E-state index in [4.69, 9.17) is 16.7 Å². The van der Waals surface area contributed by atoms with Crippen molar-refractivity contribution >= 4 is 17.6 Å². The summed E-state index contributed by atoms with van der Waals surface area (Å²) in [7, 11) is 0. The molecule has 1 atom stereocenters. The van der Waals surface area contributed by atoms with Crippen LogP contribution in [0.1, 0.15) is 24.5 Å². The molecule has 0 saturated heterocycles. The molecular formula is C10H10ClNO2. The normalized spacial score (nSPS) is 17.8. The first-order valence-electron chi connectivity index (χ1n) is 4.53. The van der Waals surface area contributed by atoms with Gasteiger partial charge in [0.2, 0.25) is 0 Å². The second-order valence-corrected chi connectivity index (χ2v) is 3.99. The van der Waals surface area contributed by atoms with Crippen molar-refractivity contribution in [2.24, 2.45) is 5.92 Å². The Bertz CT molecular complexity index is 346. The molecule has 74 valence electrons. The average Bonchev–Trinajstić information content (AvgIpc) is 2.92. The van der Waals surface area contributed by atoms with E-state index < -0.39 is 11.9 Å². The molecule has 1 aliphatic carbocycles. The Kier molecular flexibility index (Phi) is 2.42. The molecule has 14 heavy (non-hydrogen) atoms. The van der Waals surface area contributed by atoms with Crippen LogP contribution in [-0.2, 0) is 4.79 Å². The minimum atomic E-state index is -0.790. The summed E-state index contributed by atoms with van der Waals surface area (Å²) in [6.07, 6.45) is 3.47. The number of hydrogen-bond acceptors (Lipinski definition) is 2. The summed E-state index contributed by atoms with van der Waals surface area (Å²) >= 11 is 5.68. The van der Waals surface area contributed by atoms with E-state index >= 15 is 0 Å². The molecule has 0 radical (unpaired) electrons. The molecular weight excluding hydrogens is 202 g/mol. The maximum absolute atomic E-state index is 11.0. The first-order valence-corrected chi connectivity index (χ1v) is 4.90. The van der Waals surface area contributed by atoms with Crippen LogP contribution in [-0.4, -0.2) is 16.1 Å². The zero-order valence-corrected chi connectivity index (χ0v) is 8.24. The van der Waals surface area contributed by atoms with Gasteiger partial charge in [-0.05, 0) is 30.9 Å². The van der Waals surface area contributed by atoms with Gasteiger partial charge in [-0.15, -0.1) is 0 Å². The van der Waals surface area contributed by atoms with E-state index in [0.29, 0.717) is 10.7 Å². The van der Waals surface area contributed by atoms with Crippen molar-refractivity contribution in [1.29, 1.82) is 0 Å². The lowest BCUT2D eigenvalue weighted by Crippen LogP contribution is -2.14. The van der Waals surface area contributed by atoms with Crippen LogP contribution in [0.3, 0.4) is 0 Å². The number of carbonyl (C=O) groups is 1. The zero-order valence-electron chi connectivity index (χ0n) is 7.48. The summed E-state index contributed by atoms with van der Waals surface area (Å²) in [6, 6.07) is 3.38. The molecule has 1 heterocycles. The Morgan fingerprint density at radius 3 is 2.71 bits per heavy atom. The van der Waals surface area contributed by atoms with E-state index in [1.54, 1.807) is 12.1 Å². The molecule has 1 saturated carbocycles. The highest BCUT2D eigenvalue weighted by molar-refractivity contribution is 6.30. The summed E-state index contributed by atoms with van der Waals surface area (Å²) in [5.41, 5.74) is 0.615. The highest BCUT2D eigenvalue weighted by Gasteiger charge is 2.38. The molecule has 0 spiro atoms. The van der Waals surface area contributed by atoms with Gasteiger partial charge in [-0.2, -0.15) is 0 Å². The van der Waals surface area contributed by atoms with Crippen LogP contribution < -0.4 is 0 Å². The quantitative estimate of drug-likeness (QED) is 0.835. The number of carboxylic acids is 1. The standard InChI is InChI=1S/C10H10ClNO2/c11-7-3-4-8(12-5-7)9(10(13)14)6-1-2-6/h3-6,9H,1-2H2,(H,13,14). The van der Waals surface area contributed by atoms with Crippen LogP contribution in [0.2, 0.25) is 5.02 Å². The molecule has 0 aromatic carbocycles. The van der Waals surface area contributed by atoms with Crippen LogP contribution in [0.4, 0.5) is 0 Å². The van der Waals surface area contributed by atoms with Gasteiger partial charge in [-0.25, -0.2) is 0 Å². The van der Waals surface area contributed by atoms with Crippen molar-refractivity contribution in [1.82, 2.24) is 4.98 Å². The van der Waals surface area contributed by atoms with Gasteiger partial charge >= 0.3 is 5.97 Å². The van der Waals surface area contributed by atoms with E-state index in [0.717, 1.165) is 12.8 Å². The van der Waals surface area contributed by atoms with Gasteiger partial charge in [0, 0.05) is 6.20 Å². The molecule has 1 fully saturated rings. The summed E-state index contributed by atoms with van der Waals surface area (Å²) in [4.78, 5) is 15.0. The fourth-order valence-corrected chi connectivity index (χ4v) is 1.68. The van der Waals surface area contributed by atoms with Crippen LogP contribution in [0.5, 0.6) is 0 Å². The minimum absolute atomic E-state index is 0.265. The number of halogens is 1. The van der Waals surface area contributed by atoms with Gasteiger partial charge in [0.25, 0.3) is 0 Å². The molecule has 4 heteroatoms. The Labute approximate surface area is 86.7 Å². The largest absolute Gasteiger partial charge is 0.481 e. The maximum Gasteiger partial charge on any atom is 0.312 e. The smallest absolute Gasteiger partial charge is 0.312 e. The number of nitrogens with zero attached hydrogens (tertiary/aromatic N) is 1. The van der Waals surface area contributed by atoms with Gasteiger partial charge in [-0.3, -0.25) is 9.78 Å². The molecule has 0 aliphatic heterocycles. The second-order valence-electron chi connectivity index (χ2n) is 3.55. The first kappa shape index (κ1) is 9.46. The molecule has 1 aromatic heterocycles. The zero-order chi connectivity index (χ0) is 10.1. The van der Waals surface area contributed by atoms with E-state index in [9.17, 15) is 4.79 Å². The van der Waals surface area contributed by atoms with Crippen molar-refractivity contribution in [3.8, 4) is 0 Å². The fourth-order valence-electron chi connectivity index (χ4n) is 1.57. The van der Waals surface area contributed by atoms with E-state index in [1.165, 1.54) is 6.20 Å². The van der Waals surface area contributed by atoms with Gasteiger partial charge < -0.3 is 5.11 Å². The SMILES string of the molecule is O=C(O)C(c1ccc(Cl)cn1)C1CC1. The highest BCUT2D eigenvalue weighted by atomic mass is 35.5. The summed E-state index contributed by atoms with van der Waals surface area (Å²) in [5, 5.41) is 9.57. The number of aliphatic carboxylic acids is 1. The van der Waals surface area contributed by atoms with E-state index in [-0.39, 0.29) is 5.92 Å². The molecule has 0 bridgehead atoms. The van der Waals surface area contributed by atoms with Crippen molar-refractivity contribution in [2.45, 2.75) is 18.8 Å². The van der Waals surface area contributed by atoms with Crippen molar-refractivity contribution in [3.63, 3.8) is 0 Å². The number of rotatable bonds is 3.